The van der Waals surface area contributed by atoms with E-state index in [2.05, 4.69) is 15.6 Å². The summed E-state index contributed by atoms with van der Waals surface area (Å²) in [6.07, 6.45) is 3.37. The Hall–Kier alpha value is -1.72. The topological polar surface area (TPSA) is 37.0 Å². The van der Waals surface area contributed by atoms with Crippen LogP contribution in [-0.4, -0.2) is 16.6 Å². The second-order valence-corrected chi connectivity index (χ2v) is 5.75. The lowest BCUT2D eigenvalue weighted by Gasteiger charge is -2.10. The smallest absolute Gasteiger partial charge is 0.171 e. The molecule has 0 aliphatic rings. The van der Waals surface area contributed by atoms with Gasteiger partial charge < -0.3 is 10.6 Å². The number of halogens is 2. The van der Waals surface area contributed by atoms with Gasteiger partial charge in [0, 0.05) is 12.7 Å². The Bertz CT molecular complexity index is 646. The molecule has 0 saturated heterocycles. The van der Waals surface area contributed by atoms with Crippen LogP contribution in [0.5, 0.6) is 0 Å². The van der Waals surface area contributed by atoms with Crippen LogP contribution in [-0.2, 0) is 6.42 Å². The van der Waals surface area contributed by atoms with Crippen molar-refractivity contribution in [2.24, 2.45) is 0 Å². The predicted molar refractivity (Wildman–Crippen MR) is 92.9 cm³/mol. The molecule has 1 aromatic carbocycles. The van der Waals surface area contributed by atoms with E-state index >= 15 is 0 Å². The molecular formula is C16H17ClFN3S. The first-order valence-corrected chi connectivity index (χ1v) is 7.74. The molecule has 2 N–H and O–H groups in total. The van der Waals surface area contributed by atoms with Gasteiger partial charge in [0.25, 0.3) is 0 Å². The van der Waals surface area contributed by atoms with Gasteiger partial charge in [-0.2, -0.15) is 0 Å². The van der Waals surface area contributed by atoms with E-state index in [-0.39, 0.29) is 5.82 Å². The summed E-state index contributed by atoms with van der Waals surface area (Å²) in [5.74, 6) is 0.455. The molecule has 1 aromatic heterocycles. The fraction of sp³-hybridized carbons (Fsp3) is 0.250. The van der Waals surface area contributed by atoms with Crippen molar-refractivity contribution in [3.8, 4) is 0 Å². The van der Waals surface area contributed by atoms with Gasteiger partial charge >= 0.3 is 0 Å². The first-order chi connectivity index (χ1) is 10.5. The third-order valence-electron chi connectivity index (χ3n) is 3.13. The Balaban J connectivity index is 1.71. The summed E-state index contributed by atoms with van der Waals surface area (Å²) in [6, 6.07) is 8.39. The molecule has 0 aliphatic heterocycles. The summed E-state index contributed by atoms with van der Waals surface area (Å²) >= 11 is 11.1. The van der Waals surface area contributed by atoms with Gasteiger partial charge in [0.2, 0.25) is 0 Å². The molecule has 3 nitrogen and oxygen atoms in total. The average Bonchev–Trinajstić information content (AvgIpc) is 2.49. The highest BCUT2D eigenvalue weighted by atomic mass is 35.5. The maximum atomic E-state index is 12.8. The summed E-state index contributed by atoms with van der Waals surface area (Å²) < 4.78 is 12.8. The van der Waals surface area contributed by atoms with Gasteiger partial charge in [0.05, 0.1) is 5.02 Å². The van der Waals surface area contributed by atoms with Gasteiger partial charge in [-0.3, -0.25) is 0 Å². The standard InChI is InChI=1S/C16H17ClFN3S/c1-11-9-15(20-10-14(11)17)21-16(22)19-8-2-3-12-4-6-13(18)7-5-12/h4-7,9-10H,2-3,8H2,1H3,(H2,19,20,21,22). The Labute approximate surface area is 139 Å². The minimum atomic E-state index is -0.210. The maximum absolute atomic E-state index is 12.8. The first-order valence-electron chi connectivity index (χ1n) is 6.96. The number of benzene rings is 1. The lowest BCUT2D eigenvalue weighted by molar-refractivity contribution is 0.626. The Morgan fingerprint density at radius 3 is 2.73 bits per heavy atom. The second-order valence-electron chi connectivity index (χ2n) is 4.93. The van der Waals surface area contributed by atoms with E-state index in [0.717, 1.165) is 30.5 Å². The normalized spacial score (nSPS) is 10.3. The van der Waals surface area contributed by atoms with Gasteiger partial charge in [-0.15, -0.1) is 0 Å². The summed E-state index contributed by atoms with van der Waals surface area (Å²) in [5.41, 5.74) is 2.05. The van der Waals surface area contributed by atoms with Crippen molar-refractivity contribution in [1.82, 2.24) is 10.3 Å². The van der Waals surface area contributed by atoms with E-state index in [9.17, 15) is 4.39 Å². The van der Waals surface area contributed by atoms with Crippen LogP contribution in [0.25, 0.3) is 0 Å². The number of aryl methyl sites for hydroxylation is 2. The molecule has 0 aliphatic carbocycles. The molecule has 2 aromatic rings. The Kier molecular flexibility index (Phi) is 6.10. The fourth-order valence-electron chi connectivity index (χ4n) is 1.91. The number of aromatic nitrogens is 1. The summed E-state index contributed by atoms with van der Waals surface area (Å²) in [7, 11) is 0. The summed E-state index contributed by atoms with van der Waals surface area (Å²) in [6.45, 7) is 2.64. The lowest BCUT2D eigenvalue weighted by Crippen LogP contribution is -2.29. The van der Waals surface area contributed by atoms with Crippen LogP contribution in [0.3, 0.4) is 0 Å². The molecule has 0 radical (unpaired) electrons. The van der Waals surface area contributed by atoms with Crippen molar-refractivity contribution in [2.75, 3.05) is 11.9 Å². The number of pyridine rings is 1. The fourth-order valence-corrected chi connectivity index (χ4v) is 2.22. The monoisotopic (exact) mass is 337 g/mol. The van der Waals surface area contributed by atoms with E-state index in [4.69, 9.17) is 23.8 Å². The van der Waals surface area contributed by atoms with Gasteiger partial charge in [0.15, 0.2) is 5.11 Å². The van der Waals surface area contributed by atoms with Crippen LogP contribution in [0.2, 0.25) is 5.02 Å². The number of anilines is 1. The molecule has 0 bridgehead atoms. The molecule has 0 saturated carbocycles. The highest BCUT2D eigenvalue weighted by Crippen LogP contribution is 2.16. The highest BCUT2D eigenvalue weighted by molar-refractivity contribution is 7.80. The van der Waals surface area contributed by atoms with E-state index < -0.39 is 0 Å². The molecule has 6 heteroatoms. The van der Waals surface area contributed by atoms with E-state index in [0.29, 0.717) is 16.0 Å². The molecule has 0 atom stereocenters. The molecular weight excluding hydrogens is 321 g/mol. The molecule has 0 unspecified atom stereocenters. The molecule has 0 fully saturated rings. The highest BCUT2D eigenvalue weighted by Gasteiger charge is 2.02. The van der Waals surface area contributed by atoms with Crippen molar-refractivity contribution in [1.29, 1.82) is 0 Å². The van der Waals surface area contributed by atoms with Crippen molar-refractivity contribution < 1.29 is 4.39 Å². The number of nitrogens with one attached hydrogen (secondary N) is 2. The van der Waals surface area contributed by atoms with Crippen molar-refractivity contribution in [2.45, 2.75) is 19.8 Å². The number of rotatable bonds is 5. The average molecular weight is 338 g/mol. The Morgan fingerprint density at radius 2 is 2.05 bits per heavy atom. The van der Waals surface area contributed by atoms with Crippen LogP contribution in [0, 0.1) is 12.7 Å². The van der Waals surface area contributed by atoms with Gasteiger partial charge in [-0.25, -0.2) is 9.37 Å². The number of thiocarbonyl (C=S) groups is 1. The molecule has 2 rings (SSSR count). The lowest BCUT2D eigenvalue weighted by atomic mass is 10.1. The molecule has 22 heavy (non-hydrogen) atoms. The SMILES string of the molecule is Cc1cc(NC(=S)NCCCc2ccc(F)cc2)ncc1Cl. The van der Waals surface area contributed by atoms with Crippen molar-refractivity contribution >= 4 is 34.7 Å². The van der Waals surface area contributed by atoms with Gasteiger partial charge in [0.1, 0.15) is 11.6 Å². The van der Waals surface area contributed by atoms with Crippen LogP contribution in [0.1, 0.15) is 17.5 Å². The largest absolute Gasteiger partial charge is 0.362 e. The van der Waals surface area contributed by atoms with Gasteiger partial charge in [-0.05, 0) is 61.3 Å². The van der Waals surface area contributed by atoms with E-state index in [1.165, 1.54) is 12.1 Å². The van der Waals surface area contributed by atoms with Crippen LogP contribution >= 0.6 is 23.8 Å². The molecule has 1 heterocycles. The molecule has 0 spiro atoms. The van der Waals surface area contributed by atoms with Crippen LogP contribution in [0.4, 0.5) is 10.2 Å². The maximum Gasteiger partial charge on any atom is 0.171 e. The van der Waals surface area contributed by atoms with Crippen LogP contribution < -0.4 is 10.6 Å². The quantitative estimate of drug-likeness (QED) is 0.636. The van der Waals surface area contributed by atoms with Crippen molar-refractivity contribution in [3.05, 3.63) is 58.5 Å². The van der Waals surface area contributed by atoms with E-state index in [1.54, 1.807) is 18.3 Å². The number of hydrogen-bond acceptors (Lipinski definition) is 2. The minimum Gasteiger partial charge on any atom is -0.362 e. The number of hydrogen-bond donors (Lipinski definition) is 2. The Morgan fingerprint density at radius 1 is 1.32 bits per heavy atom. The zero-order valence-corrected chi connectivity index (χ0v) is 13.8. The molecule has 116 valence electrons. The zero-order chi connectivity index (χ0) is 15.9. The third-order valence-corrected chi connectivity index (χ3v) is 3.77. The third kappa shape index (κ3) is 5.24. The summed E-state index contributed by atoms with van der Waals surface area (Å²) in [5, 5.41) is 7.29. The number of nitrogens with zero attached hydrogens (tertiary/aromatic N) is 1. The second kappa shape index (κ2) is 8.06. The summed E-state index contributed by atoms with van der Waals surface area (Å²) in [4.78, 5) is 4.16. The van der Waals surface area contributed by atoms with Crippen molar-refractivity contribution in [3.63, 3.8) is 0 Å². The van der Waals surface area contributed by atoms with Crippen LogP contribution in [0.15, 0.2) is 36.5 Å². The van der Waals surface area contributed by atoms with Gasteiger partial charge in [-0.1, -0.05) is 23.7 Å². The molecule has 0 amide bonds. The van der Waals surface area contributed by atoms with E-state index in [1.807, 2.05) is 13.0 Å². The predicted octanol–water partition coefficient (Wildman–Crippen LogP) is 4.10. The first kappa shape index (κ1) is 16.6. The zero-order valence-electron chi connectivity index (χ0n) is 12.2. The minimum absolute atomic E-state index is 0.210.